The molecular formula is C11H7ClO2. The van der Waals surface area contributed by atoms with Gasteiger partial charge in [0.1, 0.15) is 0 Å². The predicted octanol–water partition coefficient (Wildman–Crippen LogP) is 2.67. The molecule has 0 spiro atoms. The number of carbonyl (C=O) groups is 2. The second kappa shape index (κ2) is 3.07. The predicted molar refractivity (Wildman–Crippen MR) is 53.9 cm³/mol. The monoisotopic (exact) mass is 206 g/mol. The molecule has 1 aliphatic carbocycles. The maximum atomic E-state index is 11.7. The van der Waals surface area contributed by atoms with Crippen molar-refractivity contribution in [2.45, 2.75) is 6.92 Å². The van der Waals surface area contributed by atoms with Gasteiger partial charge < -0.3 is 0 Å². The Labute approximate surface area is 86.2 Å². The van der Waals surface area contributed by atoms with Crippen LogP contribution < -0.4 is 0 Å². The normalized spacial score (nSPS) is 15.1. The minimum Gasteiger partial charge on any atom is -0.289 e. The summed E-state index contributed by atoms with van der Waals surface area (Å²) in [6.07, 6.45) is 1.35. The van der Waals surface area contributed by atoms with Crippen molar-refractivity contribution < 1.29 is 9.59 Å². The Morgan fingerprint density at radius 2 is 1.93 bits per heavy atom. The van der Waals surface area contributed by atoms with Gasteiger partial charge in [0, 0.05) is 11.1 Å². The summed E-state index contributed by atoms with van der Waals surface area (Å²) >= 11 is 5.87. The molecule has 3 heteroatoms. The van der Waals surface area contributed by atoms with Crippen molar-refractivity contribution in [3.8, 4) is 0 Å². The Balaban J connectivity index is 2.76. The molecular weight excluding hydrogens is 200 g/mol. The quantitative estimate of drug-likeness (QED) is 0.654. The van der Waals surface area contributed by atoms with Gasteiger partial charge in [0.25, 0.3) is 0 Å². The molecule has 2 rings (SSSR count). The highest BCUT2D eigenvalue weighted by molar-refractivity contribution is 6.37. The lowest BCUT2D eigenvalue weighted by Gasteiger charge is -2.13. The molecule has 0 heterocycles. The zero-order valence-corrected chi connectivity index (χ0v) is 8.26. The maximum absolute atomic E-state index is 11.7. The third-order valence-electron chi connectivity index (χ3n) is 2.21. The Kier molecular flexibility index (Phi) is 2.01. The highest BCUT2D eigenvalue weighted by Gasteiger charge is 2.24. The molecule has 0 unspecified atom stereocenters. The van der Waals surface area contributed by atoms with Gasteiger partial charge in [0.2, 0.25) is 0 Å². The molecule has 0 aliphatic heterocycles. The van der Waals surface area contributed by atoms with Crippen LogP contribution in [0.5, 0.6) is 0 Å². The fourth-order valence-corrected chi connectivity index (χ4v) is 1.76. The van der Waals surface area contributed by atoms with Gasteiger partial charge in [0.05, 0.1) is 10.6 Å². The summed E-state index contributed by atoms with van der Waals surface area (Å²) in [5.74, 6) is -0.315. The first-order valence-corrected chi connectivity index (χ1v) is 4.55. The molecule has 1 aromatic rings. The van der Waals surface area contributed by atoms with Gasteiger partial charge >= 0.3 is 0 Å². The fraction of sp³-hybridized carbons (Fsp3) is 0.0909. The van der Waals surface area contributed by atoms with E-state index in [1.165, 1.54) is 6.08 Å². The van der Waals surface area contributed by atoms with E-state index in [9.17, 15) is 9.59 Å². The lowest BCUT2D eigenvalue weighted by Crippen LogP contribution is -2.15. The summed E-state index contributed by atoms with van der Waals surface area (Å²) in [5.41, 5.74) is 1.17. The van der Waals surface area contributed by atoms with Crippen LogP contribution in [0.2, 0.25) is 5.02 Å². The van der Waals surface area contributed by atoms with Crippen LogP contribution in [-0.2, 0) is 0 Å². The second-order valence-electron chi connectivity index (χ2n) is 3.18. The topological polar surface area (TPSA) is 34.1 Å². The number of fused-ring (bicyclic) bond motifs is 1. The number of halogens is 1. The zero-order chi connectivity index (χ0) is 10.3. The fourth-order valence-electron chi connectivity index (χ4n) is 1.50. The minimum absolute atomic E-state index is 0.153. The van der Waals surface area contributed by atoms with Crippen molar-refractivity contribution in [2.75, 3.05) is 0 Å². The first-order chi connectivity index (χ1) is 6.61. The van der Waals surface area contributed by atoms with Crippen molar-refractivity contribution in [3.05, 3.63) is 46.0 Å². The summed E-state index contributed by atoms with van der Waals surface area (Å²) in [6.45, 7) is 1.62. The number of allylic oxidation sites excluding steroid dienone is 2. The summed E-state index contributed by atoms with van der Waals surface area (Å²) in [5, 5.41) is 0.341. The Morgan fingerprint density at radius 1 is 1.21 bits per heavy atom. The summed E-state index contributed by atoms with van der Waals surface area (Å²) in [4.78, 5) is 23.2. The number of hydrogen-bond donors (Lipinski definition) is 0. The van der Waals surface area contributed by atoms with Crippen LogP contribution in [0.15, 0.2) is 29.8 Å². The van der Waals surface area contributed by atoms with E-state index >= 15 is 0 Å². The number of benzene rings is 1. The molecule has 1 aromatic carbocycles. The first kappa shape index (κ1) is 9.16. The van der Waals surface area contributed by atoms with Crippen LogP contribution >= 0.6 is 11.6 Å². The van der Waals surface area contributed by atoms with Crippen molar-refractivity contribution in [2.24, 2.45) is 0 Å². The molecule has 0 fully saturated rings. The molecule has 0 saturated carbocycles. The molecule has 0 N–H and O–H groups in total. The van der Waals surface area contributed by atoms with Crippen LogP contribution in [0.4, 0.5) is 0 Å². The van der Waals surface area contributed by atoms with Crippen LogP contribution in [0, 0.1) is 0 Å². The summed E-state index contributed by atoms with van der Waals surface area (Å²) in [7, 11) is 0. The van der Waals surface area contributed by atoms with Crippen molar-refractivity contribution in [1.82, 2.24) is 0 Å². The van der Waals surface area contributed by atoms with Gasteiger partial charge in [-0.3, -0.25) is 9.59 Å². The molecule has 70 valence electrons. The van der Waals surface area contributed by atoms with E-state index in [0.29, 0.717) is 21.7 Å². The van der Waals surface area contributed by atoms with E-state index in [1.807, 2.05) is 0 Å². The van der Waals surface area contributed by atoms with Crippen molar-refractivity contribution in [1.29, 1.82) is 0 Å². The molecule has 0 amide bonds. The van der Waals surface area contributed by atoms with Gasteiger partial charge in [-0.1, -0.05) is 23.7 Å². The number of ketones is 2. The van der Waals surface area contributed by atoms with Gasteiger partial charge in [0.15, 0.2) is 11.6 Å². The van der Waals surface area contributed by atoms with Crippen molar-refractivity contribution >= 4 is 23.2 Å². The molecule has 1 aliphatic rings. The molecule has 2 nitrogen and oxygen atoms in total. The first-order valence-electron chi connectivity index (χ1n) is 4.17. The van der Waals surface area contributed by atoms with Gasteiger partial charge in [-0.15, -0.1) is 0 Å². The average molecular weight is 207 g/mol. The lowest BCUT2D eigenvalue weighted by molar-refractivity contribution is 0.0984. The molecule has 14 heavy (non-hydrogen) atoms. The highest BCUT2D eigenvalue weighted by Crippen LogP contribution is 2.27. The third-order valence-corrected chi connectivity index (χ3v) is 2.53. The molecule has 0 aromatic heterocycles. The summed E-state index contributed by atoms with van der Waals surface area (Å²) < 4.78 is 0. The van der Waals surface area contributed by atoms with E-state index < -0.39 is 0 Å². The average Bonchev–Trinajstić information content (AvgIpc) is 2.14. The molecule has 0 saturated heterocycles. The van der Waals surface area contributed by atoms with Crippen LogP contribution in [-0.4, -0.2) is 11.6 Å². The molecule has 0 atom stereocenters. The Hall–Kier alpha value is -1.41. The number of Topliss-reactive ketones (excluding diaryl/α,β-unsaturated/α-hetero) is 1. The summed E-state index contributed by atoms with van der Waals surface area (Å²) in [6, 6.07) is 4.90. The second-order valence-corrected chi connectivity index (χ2v) is 3.59. The van der Waals surface area contributed by atoms with Crippen LogP contribution in [0.1, 0.15) is 27.6 Å². The van der Waals surface area contributed by atoms with E-state index in [-0.39, 0.29) is 11.6 Å². The third kappa shape index (κ3) is 1.19. The van der Waals surface area contributed by atoms with Gasteiger partial charge in [-0.05, 0) is 19.1 Å². The molecule has 0 radical (unpaired) electrons. The SMILES string of the molecule is CC1=CC(=O)c2cccc(Cl)c2C1=O. The highest BCUT2D eigenvalue weighted by atomic mass is 35.5. The number of carbonyl (C=O) groups excluding carboxylic acids is 2. The van der Waals surface area contributed by atoms with E-state index in [4.69, 9.17) is 11.6 Å². The van der Waals surface area contributed by atoms with Crippen LogP contribution in [0.3, 0.4) is 0 Å². The van der Waals surface area contributed by atoms with E-state index in [0.717, 1.165) is 0 Å². The van der Waals surface area contributed by atoms with Gasteiger partial charge in [-0.25, -0.2) is 0 Å². The maximum Gasteiger partial charge on any atom is 0.191 e. The van der Waals surface area contributed by atoms with E-state index in [2.05, 4.69) is 0 Å². The largest absolute Gasteiger partial charge is 0.289 e. The van der Waals surface area contributed by atoms with Gasteiger partial charge in [-0.2, -0.15) is 0 Å². The minimum atomic E-state index is -0.162. The van der Waals surface area contributed by atoms with Crippen molar-refractivity contribution in [3.63, 3.8) is 0 Å². The standard InChI is InChI=1S/C11H7ClO2/c1-6-5-9(13)7-3-2-4-8(12)10(7)11(6)14/h2-5H,1H3. The zero-order valence-electron chi connectivity index (χ0n) is 7.50. The smallest absolute Gasteiger partial charge is 0.191 e. The number of hydrogen-bond acceptors (Lipinski definition) is 2. The van der Waals surface area contributed by atoms with Crippen LogP contribution in [0.25, 0.3) is 0 Å². The Bertz CT molecular complexity index is 472. The van der Waals surface area contributed by atoms with E-state index in [1.54, 1.807) is 25.1 Å². The molecule has 0 bridgehead atoms. The number of rotatable bonds is 0. The Morgan fingerprint density at radius 3 is 2.64 bits per heavy atom. The lowest BCUT2D eigenvalue weighted by atomic mass is 9.90.